The van der Waals surface area contributed by atoms with Crippen LogP contribution in [0.3, 0.4) is 0 Å². The number of pyridine rings is 1. The molecule has 0 saturated carbocycles. The fourth-order valence-electron chi connectivity index (χ4n) is 1.66. The van der Waals surface area contributed by atoms with Crippen LogP contribution in [0.1, 0.15) is 0 Å². The van der Waals surface area contributed by atoms with Crippen LogP contribution in [0.25, 0.3) is 10.9 Å². The molecule has 1 N–H and O–H groups in total. The van der Waals surface area contributed by atoms with Gasteiger partial charge in [0.2, 0.25) is 5.52 Å². The molecule has 0 aliphatic heterocycles. The minimum Gasteiger partial charge on any atom is -1.00 e. The summed E-state index contributed by atoms with van der Waals surface area (Å²) in [7, 11) is 0. The zero-order valence-electron chi connectivity index (χ0n) is 8.68. The Labute approximate surface area is 106 Å². The third-order valence-electron chi connectivity index (χ3n) is 2.37. The van der Waals surface area contributed by atoms with Crippen molar-refractivity contribution in [2.24, 2.45) is 0 Å². The molecule has 1 aromatic carbocycles. The van der Waals surface area contributed by atoms with E-state index in [9.17, 15) is 5.11 Å². The molecule has 0 aliphatic carbocycles. The molecule has 2 rings (SSSR count). The minimum atomic E-state index is -0.498. The predicted molar refractivity (Wildman–Crippen MR) is 60.9 cm³/mol. The maximum Gasteiger partial charge on any atom is 0.212 e. The largest absolute Gasteiger partial charge is 1.00 e. The van der Waals surface area contributed by atoms with Gasteiger partial charge in [0.05, 0.1) is 5.88 Å². The molecule has 0 aliphatic rings. The van der Waals surface area contributed by atoms with Crippen LogP contribution in [-0.4, -0.2) is 17.1 Å². The van der Waals surface area contributed by atoms with Crippen molar-refractivity contribution in [1.29, 1.82) is 0 Å². The summed E-state index contributed by atoms with van der Waals surface area (Å²) < 4.78 is 2.02. The van der Waals surface area contributed by atoms with Crippen LogP contribution in [-0.2, 0) is 6.54 Å². The average Bonchev–Trinajstić information content (AvgIpc) is 2.29. The average molecular weight is 258 g/mol. The van der Waals surface area contributed by atoms with Crippen LogP contribution in [0.2, 0.25) is 0 Å². The number of aliphatic hydroxyl groups is 1. The molecule has 0 radical (unpaired) electrons. The maximum atomic E-state index is 9.52. The highest BCUT2D eigenvalue weighted by molar-refractivity contribution is 6.18. The highest BCUT2D eigenvalue weighted by Gasteiger charge is 2.12. The zero-order chi connectivity index (χ0) is 10.7. The Morgan fingerprint density at radius 3 is 2.62 bits per heavy atom. The van der Waals surface area contributed by atoms with E-state index in [1.807, 2.05) is 35.0 Å². The van der Waals surface area contributed by atoms with Gasteiger partial charge in [0.1, 0.15) is 6.10 Å². The standard InChI is InChI=1S/C12H13ClNO.ClH/c13-8-11(15)9-14-7-3-5-10-4-1-2-6-12(10)14;/h1-7,11,15H,8-9H2;1H/q+1;/p-1. The van der Waals surface area contributed by atoms with Gasteiger partial charge in [-0.3, -0.25) is 0 Å². The molecule has 2 aromatic rings. The maximum absolute atomic E-state index is 9.52. The van der Waals surface area contributed by atoms with Gasteiger partial charge in [-0.1, -0.05) is 12.1 Å². The van der Waals surface area contributed by atoms with Crippen molar-refractivity contribution in [2.45, 2.75) is 12.6 Å². The lowest BCUT2D eigenvalue weighted by atomic mass is 10.2. The molecule has 1 heterocycles. The van der Waals surface area contributed by atoms with Gasteiger partial charge in [-0.25, -0.2) is 0 Å². The number of rotatable bonds is 3. The number of aliphatic hydroxyl groups excluding tert-OH is 1. The lowest BCUT2D eigenvalue weighted by Crippen LogP contribution is -3.00. The summed E-state index contributed by atoms with van der Waals surface area (Å²) >= 11 is 5.59. The van der Waals surface area contributed by atoms with Crippen LogP contribution in [0.15, 0.2) is 42.6 Å². The Bertz CT molecular complexity index is 456. The minimum absolute atomic E-state index is 0. The highest BCUT2D eigenvalue weighted by atomic mass is 35.5. The molecule has 86 valence electrons. The van der Waals surface area contributed by atoms with Crippen LogP contribution >= 0.6 is 11.6 Å². The Balaban J connectivity index is 0.00000128. The van der Waals surface area contributed by atoms with Gasteiger partial charge in [-0.2, -0.15) is 4.57 Å². The van der Waals surface area contributed by atoms with Crippen LogP contribution in [0, 0.1) is 0 Å². The van der Waals surface area contributed by atoms with Gasteiger partial charge < -0.3 is 17.5 Å². The van der Waals surface area contributed by atoms with Gasteiger partial charge in [0.25, 0.3) is 0 Å². The molecule has 0 spiro atoms. The van der Waals surface area contributed by atoms with E-state index in [4.69, 9.17) is 11.6 Å². The van der Waals surface area contributed by atoms with Crippen molar-refractivity contribution >= 4 is 22.5 Å². The smallest absolute Gasteiger partial charge is 0.212 e. The third kappa shape index (κ3) is 2.85. The Hall–Kier alpha value is -0.830. The fraction of sp³-hybridized carbons (Fsp3) is 0.250. The predicted octanol–water partition coefficient (Wildman–Crippen LogP) is -1.27. The number of alkyl halides is 1. The van der Waals surface area contributed by atoms with Gasteiger partial charge in [0.15, 0.2) is 12.7 Å². The van der Waals surface area contributed by atoms with Crippen LogP contribution < -0.4 is 17.0 Å². The molecule has 1 unspecified atom stereocenters. The first-order valence-electron chi connectivity index (χ1n) is 4.92. The SMILES string of the molecule is OC(CCl)C[n+]1cccc2ccccc21.[Cl-]. The van der Waals surface area contributed by atoms with Crippen molar-refractivity contribution in [3.05, 3.63) is 42.6 Å². The number of aromatic nitrogens is 1. The van der Waals surface area contributed by atoms with E-state index in [2.05, 4.69) is 12.1 Å². The van der Waals surface area contributed by atoms with Gasteiger partial charge >= 0.3 is 0 Å². The van der Waals surface area contributed by atoms with Gasteiger partial charge in [-0.15, -0.1) is 11.6 Å². The van der Waals surface area contributed by atoms with E-state index in [0.29, 0.717) is 6.54 Å². The van der Waals surface area contributed by atoms with Crippen molar-refractivity contribution in [1.82, 2.24) is 0 Å². The number of benzene rings is 1. The fourth-order valence-corrected chi connectivity index (χ4v) is 1.75. The summed E-state index contributed by atoms with van der Waals surface area (Å²) in [5.41, 5.74) is 1.11. The van der Waals surface area contributed by atoms with Crippen molar-refractivity contribution in [3.63, 3.8) is 0 Å². The van der Waals surface area contributed by atoms with Gasteiger partial charge in [0, 0.05) is 17.5 Å². The second-order valence-corrected chi connectivity index (χ2v) is 3.84. The van der Waals surface area contributed by atoms with E-state index in [1.54, 1.807) is 0 Å². The van der Waals surface area contributed by atoms with Gasteiger partial charge in [-0.05, 0) is 12.1 Å². The molecular weight excluding hydrogens is 245 g/mol. The van der Waals surface area contributed by atoms with E-state index < -0.39 is 6.10 Å². The normalized spacial score (nSPS) is 12.1. The number of nitrogens with zero attached hydrogens (tertiary/aromatic N) is 1. The number of hydrogen-bond donors (Lipinski definition) is 1. The third-order valence-corrected chi connectivity index (χ3v) is 2.73. The molecule has 1 aromatic heterocycles. The second-order valence-electron chi connectivity index (χ2n) is 3.53. The zero-order valence-corrected chi connectivity index (χ0v) is 10.2. The first-order chi connectivity index (χ1) is 7.31. The molecule has 16 heavy (non-hydrogen) atoms. The number of para-hydroxylation sites is 1. The van der Waals surface area contributed by atoms with Crippen molar-refractivity contribution < 1.29 is 22.1 Å². The molecule has 4 heteroatoms. The topological polar surface area (TPSA) is 24.1 Å². The number of halogens is 2. The quantitative estimate of drug-likeness (QED) is 0.539. The first kappa shape index (κ1) is 13.2. The lowest BCUT2D eigenvalue weighted by Gasteiger charge is -2.04. The Morgan fingerprint density at radius 2 is 1.88 bits per heavy atom. The summed E-state index contributed by atoms with van der Waals surface area (Å²) in [6.07, 6.45) is 1.46. The number of hydrogen-bond acceptors (Lipinski definition) is 1. The van der Waals surface area contributed by atoms with E-state index >= 15 is 0 Å². The summed E-state index contributed by atoms with van der Waals surface area (Å²) in [5, 5.41) is 10.7. The van der Waals surface area contributed by atoms with E-state index in [0.717, 1.165) is 5.52 Å². The molecule has 2 nitrogen and oxygen atoms in total. The Kier molecular flexibility index (Phi) is 5.00. The summed E-state index contributed by atoms with van der Waals surface area (Å²) in [6.45, 7) is 0.533. The Morgan fingerprint density at radius 1 is 1.19 bits per heavy atom. The molecule has 1 atom stereocenters. The molecular formula is C12H13Cl2NO. The second kappa shape index (κ2) is 6.04. The lowest BCUT2D eigenvalue weighted by molar-refractivity contribution is -0.677. The van der Waals surface area contributed by atoms with Crippen LogP contribution in [0.5, 0.6) is 0 Å². The molecule has 0 saturated heterocycles. The summed E-state index contributed by atoms with van der Waals surface area (Å²) in [6, 6.07) is 12.1. The first-order valence-corrected chi connectivity index (χ1v) is 5.46. The van der Waals surface area contributed by atoms with E-state index in [1.165, 1.54) is 5.39 Å². The highest BCUT2D eigenvalue weighted by Crippen LogP contribution is 2.08. The molecule has 0 fully saturated rings. The van der Waals surface area contributed by atoms with Crippen molar-refractivity contribution in [3.8, 4) is 0 Å². The molecule has 0 bridgehead atoms. The van der Waals surface area contributed by atoms with Crippen LogP contribution in [0.4, 0.5) is 0 Å². The van der Waals surface area contributed by atoms with Crippen molar-refractivity contribution in [2.75, 3.05) is 5.88 Å². The molecule has 0 amide bonds. The monoisotopic (exact) mass is 257 g/mol. The summed E-state index contributed by atoms with van der Waals surface area (Å²) in [4.78, 5) is 0. The summed E-state index contributed by atoms with van der Waals surface area (Å²) in [5.74, 6) is 0.260. The van der Waals surface area contributed by atoms with E-state index in [-0.39, 0.29) is 18.3 Å². The number of fused-ring (bicyclic) bond motifs is 1.